The van der Waals surface area contributed by atoms with Crippen molar-refractivity contribution in [2.45, 2.75) is 25.8 Å². The molecule has 17 heavy (non-hydrogen) atoms. The second kappa shape index (κ2) is 6.30. The quantitative estimate of drug-likeness (QED) is 0.819. The number of hydrogen-bond donors (Lipinski definition) is 2. The van der Waals surface area contributed by atoms with Crippen molar-refractivity contribution in [3.8, 4) is 0 Å². The first-order valence-electron chi connectivity index (χ1n) is 5.46. The highest BCUT2D eigenvalue weighted by atomic mass is 19.1. The fourth-order valence-electron chi connectivity index (χ4n) is 1.39. The van der Waals surface area contributed by atoms with Gasteiger partial charge in [-0.3, -0.25) is 4.79 Å². The fraction of sp³-hybridized carbons (Fsp3) is 0.417. The molecular formula is C12H16F2N2O. The molecule has 0 saturated carbocycles. The van der Waals surface area contributed by atoms with E-state index in [1.807, 2.05) is 0 Å². The van der Waals surface area contributed by atoms with E-state index in [4.69, 9.17) is 5.73 Å². The molecule has 0 saturated heterocycles. The predicted octanol–water partition coefficient (Wildman–Crippen LogP) is 1.36. The Morgan fingerprint density at radius 1 is 1.47 bits per heavy atom. The van der Waals surface area contributed by atoms with Crippen molar-refractivity contribution in [2.75, 3.05) is 6.54 Å². The predicted molar refractivity (Wildman–Crippen MR) is 61.3 cm³/mol. The van der Waals surface area contributed by atoms with Gasteiger partial charge in [-0.25, -0.2) is 8.78 Å². The number of hydrogen-bond acceptors (Lipinski definition) is 2. The van der Waals surface area contributed by atoms with Crippen LogP contribution in [0.25, 0.3) is 0 Å². The molecule has 0 heterocycles. The fourth-order valence-corrected chi connectivity index (χ4v) is 1.39. The van der Waals surface area contributed by atoms with E-state index in [0.717, 1.165) is 18.2 Å². The summed E-state index contributed by atoms with van der Waals surface area (Å²) in [4.78, 5) is 11.4. The van der Waals surface area contributed by atoms with E-state index >= 15 is 0 Å². The standard InChI is InChI=1S/C12H16F2N2O/c1-8(7-15)16-12(17)5-2-9-6-10(13)3-4-11(9)14/h3-4,6,8H,2,5,7,15H2,1H3,(H,16,17)/t8-/m0/s1. The second-order valence-electron chi connectivity index (χ2n) is 3.94. The smallest absolute Gasteiger partial charge is 0.220 e. The minimum Gasteiger partial charge on any atom is -0.352 e. The molecule has 94 valence electrons. The van der Waals surface area contributed by atoms with Crippen molar-refractivity contribution in [2.24, 2.45) is 5.73 Å². The van der Waals surface area contributed by atoms with E-state index in [1.54, 1.807) is 6.92 Å². The van der Waals surface area contributed by atoms with Crippen molar-refractivity contribution in [3.05, 3.63) is 35.4 Å². The Labute approximate surface area is 99.0 Å². The van der Waals surface area contributed by atoms with E-state index in [9.17, 15) is 13.6 Å². The van der Waals surface area contributed by atoms with Crippen LogP contribution in [0.5, 0.6) is 0 Å². The van der Waals surface area contributed by atoms with Gasteiger partial charge in [0.25, 0.3) is 0 Å². The molecule has 0 aliphatic heterocycles. The van der Waals surface area contributed by atoms with Gasteiger partial charge in [-0.2, -0.15) is 0 Å². The second-order valence-corrected chi connectivity index (χ2v) is 3.94. The zero-order chi connectivity index (χ0) is 12.8. The Morgan fingerprint density at radius 3 is 2.82 bits per heavy atom. The van der Waals surface area contributed by atoms with E-state index in [2.05, 4.69) is 5.32 Å². The first-order valence-corrected chi connectivity index (χ1v) is 5.46. The summed E-state index contributed by atoms with van der Waals surface area (Å²) in [5.41, 5.74) is 5.56. The number of rotatable bonds is 5. The molecule has 0 fully saturated rings. The zero-order valence-electron chi connectivity index (χ0n) is 9.67. The summed E-state index contributed by atoms with van der Waals surface area (Å²) in [7, 11) is 0. The minimum atomic E-state index is -0.503. The van der Waals surface area contributed by atoms with Gasteiger partial charge in [0.1, 0.15) is 11.6 Å². The van der Waals surface area contributed by atoms with Crippen molar-refractivity contribution in [1.82, 2.24) is 5.32 Å². The van der Waals surface area contributed by atoms with Crippen LogP contribution in [0.3, 0.4) is 0 Å². The maximum atomic E-state index is 13.2. The summed E-state index contributed by atoms with van der Waals surface area (Å²) in [5.74, 6) is -1.21. The van der Waals surface area contributed by atoms with Crippen LogP contribution in [0.15, 0.2) is 18.2 Å². The van der Waals surface area contributed by atoms with Crippen molar-refractivity contribution in [1.29, 1.82) is 0 Å². The van der Waals surface area contributed by atoms with Gasteiger partial charge in [0.2, 0.25) is 5.91 Å². The lowest BCUT2D eigenvalue weighted by atomic mass is 10.1. The van der Waals surface area contributed by atoms with Crippen LogP contribution < -0.4 is 11.1 Å². The van der Waals surface area contributed by atoms with Crippen LogP contribution in [0.4, 0.5) is 8.78 Å². The van der Waals surface area contributed by atoms with Gasteiger partial charge in [0.15, 0.2) is 0 Å². The SMILES string of the molecule is C[C@@H](CN)NC(=O)CCc1cc(F)ccc1F. The van der Waals surface area contributed by atoms with Crippen LogP contribution in [0.2, 0.25) is 0 Å². The third kappa shape index (κ3) is 4.48. The third-order valence-corrected chi connectivity index (χ3v) is 2.39. The number of halogens is 2. The molecule has 0 spiro atoms. The number of nitrogens with one attached hydrogen (secondary N) is 1. The minimum absolute atomic E-state index is 0.111. The summed E-state index contributed by atoms with van der Waals surface area (Å²) in [5, 5.41) is 2.65. The molecule has 1 aromatic carbocycles. The molecule has 3 N–H and O–H groups in total. The van der Waals surface area contributed by atoms with Gasteiger partial charge in [0, 0.05) is 19.0 Å². The van der Waals surface area contributed by atoms with Crippen molar-refractivity contribution >= 4 is 5.91 Å². The van der Waals surface area contributed by atoms with Crippen LogP contribution in [0.1, 0.15) is 18.9 Å². The highest BCUT2D eigenvalue weighted by Crippen LogP contribution is 2.11. The Hall–Kier alpha value is -1.49. The largest absolute Gasteiger partial charge is 0.352 e. The zero-order valence-corrected chi connectivity index (χ0v) is 9.67. The average molecular weight is 242 g/mol. The van der Waals surface area contributed by atoms with E-state index < -0.39 is 11.6 Å². The first kappa shape index (κ1) is 13.6. The van der Waals surface area contributed by atoms with Crippen LogP contribution in [-0.4, -0.2) is 18.5 Å². The molecule has 0 aromatic heterocycles. The number of amides is 1. The molecule has 0 bridgehead atoms. The lowest BCUT2D eigenvalue weighted by Crippen LogP contribution is -2.37. The Kier molecular flexibility index (Phi) is 5.03. The number of carbonyl (C=O) groups is 1. The molecule has 0 aliphatic carbocycles. The summed E-state index contributed by atoms with van der Waals surface area (Å²) in [6, 6.07) is 3.11. The van der Waals surface area contributed by atoms with Gasteiger partial charge in [-0.05, 0) is 37.1 Å². The maximum absolute atomic E-state index is 13.2. The van der Waals surface area contributed by atoms with E-state index in [1.165, 1.54) is 0 Å². The molecular weight excluding hydrogens is 226 g/mol. The number of aryl methyl sites for hydroxylation is 1. The highest BCUT2D eigenvalue weighted by molar-refractivity contribution is 5.76. The molecule has 0 aliphatic rings. The molecule has 1 rings (SSSR count). The van der Waals surface area contributed by atoms with Crippen LogP contribution in [0, 0.1) is 11.6 Å². The summed E-state index contributed by atoms with van der Waals surface area (Å²) >= 11 is 0. The lowest BCUT2D eigenvalue weighted by Gasteiger charge is -2.11. The number of nitrogens with two attached hydrogens (primary N) is 1. The topological polar surface area (TPSA) is 55.1 Å². The molecule has 5 heteroatoms. The summed E-state index contributed by atoms with van der Waals surface area (Å²) < 4.78 is 26.1. The van der Waals surface area contributed by atoms with Crippen LogP contribution >= 0.6 is 0 Å². The van der Waals surface area contributed by atoms with Crippen molar-refractivity contribution < 1.29 is 13.6 Å². The Balaban J connectivity index is 2.50. The van der Waals surface area contributed by atoms with Gasteiger partial charge < -0.3 is 11.1 Å². The Bertz CT molecular complexity index is 396. The van der Waals surface area contributed by atoms with Gasteiger partial charge in [0.05, 0.1) is 0 Å². The van der Waals surface area contributed by atoms with Gasteiger partial charge in [-0.15, -0.1) is 0 Å². The molecule has 3 nitrogen and oxygen atoms in total. The normalized spacial score (nSPS) is 12.2. The molecule has 0 unspecified atom stereocenters. The first-order chi connectivity index (χ1) is 8.02. The Morgan fingerprint density at radius 2 is 2.18 bits per heavy atom. The van der Waals surface area contributed by atoms with Crippen LogP contribution in [-0.2, 0) is 11.2 Å². The van der Waals surface area contributed by atoms with Gasteiger partial charge >= 0.3 is 0 Å². The molecule has 1 aromatic rings. The maximum Gasteiger partial charge on any atom is 0.220 e. The number of benzene rings is 1. The molecule has 0 radical (unpaired) electrons. The number of carbonyl (C=O) groups excluding carboxylic acids is 1. The molecule has 1 amide bonds. The lowest BCUT2D eigenvalue weighted by molar-refractivity contribution is -0.121. The summed E-state index contributed by atoms with van der Waals surface area (Å²) in [6.45, 7) is 2.13. The highest BCUT2D eigenvalue weighted by Gasteiger charge is 2.09. The summed E-state index contributed by atoms with van der Waals surface area (Å²) in [6.07, 6.45) is 0.289. The monoisotopic (exact) mass is 242 g/mol. The van der Waals surface area contributed by atoms with E-state index in [-0.39, 0.29) is 30.4 Å². The average Bonchev–Trinajstić information content (AvgIpc) is 2.30. The van der Waals surface area contributed by atoms with Crippen molar-refractivity contribution in [3.63, 3.8) is 0 Å². The van der Waals surface area contributed by atoms with Gasteiger partial charge in [-0.1, -0.05) is 0 Å². The molecule has 1 atom stereocenters. The van der Waals surface area contributed by atoms with E-state index in [0.29, 0.717) is 6.54 Å². The third-order valence-electron chi connectivity index (χ3n) is 2.39.